The minimum Gasteiger partial charge on any atom is -0.493 e. The second-order valence-electron chi connectivity index (χ2n) is 8.05. The highest BCUT2D eigenvalue weighted by atomic mass is 16.5. The molecule has 0 saturated heterocycles. The Morgan fingerprint density at radius 3 is 2.67 bits per heavy atom. The number of rotatable bonds is 12. The molecule has 2 aromatic heterocycles. The minimum atomic E-state index is -0.224. The highest BCUT2D eigenvalue weighted by Crippen LogP contribution is 2.28. The molecule has 0 saturated carbocycles. The summed E-state index contributed by atoms with van der Waals surface area (Å²) in [6, 6.07) is 12.9. The van der Waals surface area contributed by atoms with E-state index in [2.05, 4.69) is 31.0 Å². The summed E-state index contributed by atoms with van der Waals surface area (Å²) in [5, 5.41) is 18.0. The van der Waals surface area contributed by atoms with Crippen molar-refractivity contribution in [2.45, 2.75) is 25.7 Å². The third-order valence-corrected chi connectivity index (χ3v) is 5.55. The van der Waals surface area contributed by atoms with Gasteiger partial charge in [0.15, 0.2) is 23.1 Å². The van der Waals surface area contributed by atoms with Crippen molar-refractivity contribution >= 4 is 22.5 Å². The lowest BCUT2D eigenvalue weighted by Gasteiger charge is -2.08. The highest BCUT2D eigenvalue weighted by Gasteiger charge is 2.12. The van der Waals surface area contributed by atoms with Gasteiger partial charge in [-0.2, -0.15) is 10.1 Å². The van der Waals surface area contributed by atoms with Gasteiger partial charge in [-0.3, -0.25) is 9.59 Å². The zero-order valence-corrected chi connectivity index (χ0v) is 20.2. The molecule has 3 N–H and O–H groups in total. The predicted molar refractivity (Wildman–Crippen MR) is 133 cm³/mol. The lowest BCUT2D eigenvalue weighted by atomic mass is 10.1. The highest BCUT2D eigenvalue weighted by molar-refractivity contribution is 5.90. The first-order valence-electron chi connectivity index (χ1n) is 11.6. The van der Waals surface area contributed by atoms with Crippen LogP contribution in [0.3, 0.4) is 0 Å². The number of aryl methyl sites for hydroxylation is 1. The fourth-order valence-corrected chi connectivity index (χ4v) is 3.72. The number of anilines is 1. The molecule has 0 aliphatic carbocycles. The van der Waals surface area contributed by atoms with Crippen molar-refractivity contribution in [1.29, 1.82) is 0 Å². The van der Waals surface area contributed by atoms with Crippen molar-refractivity contribution in [2.75, 3.05) is 32.6 Å². The first kappa shape index (κ1) is 24.7. The molecule has 0 unspecified atom stereocenters. The first-order chi connectivity index (χ1) is 17.6. The van der Waals surface area contributed by atoms with Gasteiger partial charge in [-0.25, -0.2) is 5.10 Å². The van der Waals surface area contributed by atoms with E-state index in [1.165, 1.54) is 0 Å². The molecule has 36 heavy (non-hydrogen) atoms. The van der Waals surface area contributed by atoms with E-state index in [0.717, 1.165) is 10.9 Å². The minimum absolute atomic E-state index is 0.0951. The fourth-order valence-electron chi connectivity index (χ4n) is 3.72. The zero-order chi connectivity index (χ0) is 25.3. The van der Waals surface area contributed by atoms with Crippen molar-refractivity contribution in [1.82, 2.24) is 25.7 Å². The predicted octanol–water partition coefficient (Wildman–Crippen LogP) is 2.47. The molecule has 4 aromatic rings. The normalized spacial score (nSPS) is 10.8. The monoisotopic (exact) mass is 492 g/mol. The van der Waals surface area contributed by atoms with Crippen LogP contribution in [0, 0.1) is 0 Å². The van der Waals surface area contributed by atoms with Gasteiger partial charge in [-0.15, -0.1) is 0 Å². The Kier molecular flexibility index (Phi) is 8.12. The maximum absolute atomic E-state index is 12.2. The second-order valence-corrected chi connectivity index (χ2v) is 8.05. The van der Waals surface area contributed by atoms with Crippen LogP contribution in [0.15, 0.2) is 51.8 Å². The van der Waals surface area contributed by atoms with E-state index in [1.807, 2.05) is 36.4 Å². The number of carbonyl (C=O) groups is 1. The number of nitrogens with zero attached hydrogens (tertiary/aromatic N) is 3. The lowest BCUT2D eigenvalue weighted by Crippen LogP contribution is -2.26. The molecular formula is C25H28N6O5. The number of ether oxygens (including phenoxy) is 2. The van der Waals surface area contributed by atoms with Crippen LogP contribution in [0.1, 0.15) is 30.1 Å². The molecule has 11 nitrogen and oxygen atoms in total. The maximum atomic E-state index is 12.2. The molecule has 188 valence electrons. The third kappa shape index (κ3) is 6.17. The summed E-state index contributed by atoms with van der Waals surface area (Å²) in [5.41, 5.74) is 0.731. The van der Waals surface area contributed by atoms with Crippen LogP contribution < -0.4 is 25.7 Å². The van der Waals surface area contributed by atoms with E-state index in [-0.39, 0.29) is 17.9 Å². The van der Waals surface area contributed by atoms with E-state index in [9.17, 15) is 9.59 Å². The van der Waals surface area contributed by atoms with Gasteiger partial charge in [0.1, 0.15) is 0 Å². The van der Waals surface area contributed by atoms with E-state index in [4.69, 9.17) is 14.0 Å². The number of methoxy groups -OCH3 is 2. The van der Waals surface area contributed by atoms with Crippen LogP contribution >= 0.6 is 0 Å². The standard InChI is InChI=1S/C25H28N6O5/c1-34-19-9-8-16(14-20(19)35-2)15-21-28-23(36-31-21)11-10-22(32)26-12-5-13-27-24-17-6-3-4-7-18(17)25(33)30-29-24/h3-4,6-9,14H,5,10-13,15H2,1-2H3,(H,26,32)(H,27,29)(H,30,33). The van der Waals surface area contributed by atoms with Crippen LogP contribution in [-0.4, -0.2) is 53.6 Å². The first-order valence-corrected chi connectivity index (χ1v) is 11.6. The van der Waals surface area contributed by atoms with Crippen LogP contribution in [0.25, 0.3) is 10.8 Å². The maximum Gasteiger partial charge on any atom is 0.272 e. The van der Waals surface area contributed by atoms with E-state index >= 15 is 0 Å². The number of hydrogen-bond acceptors (Lipinski definition) is 9. The van der Waals surface area contributed by atoms with Gasteiger partial charge in [0.25, 0.3) is 5.56 Å². The molecule has 2 aromatic carbocycles. The largest absolute Gasteiger partial charge is 0.493 e. The number of H-pyrrole nitrogens is 1. The van der Waals surface area contributed by atoms with Gasteiger partial charge in [-0.1, -0.05) is 29.4 Å². The summed E-state index contributed by atoms with van der Waals surface area (Å²) in [5.74, 6) is 2.75. The van der Waals surface area contributed by atoms with Crippen LogP contribution in [0.4, 0.5) is 5.82 Å². The molecule has 0 radical (unpaired) electrons. The van der Waals surface area contributed by atoms with E-state index in [1.54, 1.807) is 20.3 Å². The molecule has 0 atom stereocenters. The van der Waals surface area contributed by atoms with Crippen molar-refractivity contribution in [3.63, 3.8) is 0 Å². The topological polar surface area (TPSA) is 144 Å². The quantitative estimate of drug-likeness (QED) is 0.254. The summed E-state index contributed by atoms with van der Waals surface area (Å²) < 4.78 is 15.9. The van der Waals surface area contributed by atoms with Gasteiger partial charge in [0.2, 0.25) is 11.8 Å². The Hall–Kier alpha value is -4.41. The number of carbonyl (C=O) groups excluding carboxylic acids is 1. The van der Waals surface area contributed by atoms with Crippen molar-refractivity contribution in [2.24, 2.45) is 0 Å². The number of hydrogen-bond donors (Lipinski definition) is 3. The van der Waals surface area contributed by atoms with Gasteiger partial charge in [-0.05, 0) is 30.2 Å². The van der Waals surface area contributed by atoms with E-state index in [0.29, 0.717) is 66.8 Å². The molecule has 11 heteroatoms. The van der Waals surface area contributed by atoms with Crippen LogP contribution in [0.2, 0.25) is 0 Å². The summed E-state index contributed by atoms with van der Waals surface area (Å²) in [4.78, 5) is 28.4. The molecule has 0 fully saturated rings. The molecule has 0 aliphatic rings. The number of aromatic amines is 1. The average Bonchev–Trinajstić information content (AvgIpc) is 3.35. The Labute approximate surface area is 207 Å². The van der Waals surface area contributed by atoms with Gasteiger partial charge < -0.3 is 24.6 Å². The molecule has 1 amide bonds. The fraction of sp³-hybridized carbons (Fsp3) is 0.320. The summed E-state index contributed by atoms with van der Waals surface area (Å²) in [6.07, 6.45) is 1.77. The van der Waals surface area contributed by atoms with Crippen LogP contribution in [0.5, 0.6) is 11.5 Å². The Morgan fingerprint density at radius 2 is 1.86 bits per heavy atom. The van der Waals surface area contributed by atoms with Crippen molar-refractivity contribution in [3.05, 3.63) is 70.1 Å². The number of benzene rings is 2. The van der Waals surface area contributed by atoms with Gasteiger partial charge >= 0.3 is 0 Å². The number of aromatic nitrogens is 4. The second kappa shape index (κ2) is 11.8. The molecule has 0 spiro atoms. The number of nitrogens with one attached hydrogen (secondary N) is 3. The summed E-state index contributed by atoms with van der Waals surface area (Å²) in [7, 11) is 3.17. The smallest absolute Gasteiger partial charge is 0.272 e. The molecule has 0 bridgehead atoms. The van der Waals surface area contributed by atoms with Crippen molar-refractivity contribution < 1.29 is 18.8 Å². The average molecular weight is 493 g/mol. The number of amides is 1. The van der Waals surface area contributed by atoms with Gasteiger partial charge in [0, 0.05) is 37.7 Å². The number of fused-ring (bicyclic) bond motifs is 1. The Bertz CT molecular complexity index is 1380. The Morgan fingerprint density at radius 1 is 1.06 bits per heavy atom. The lowest BCUT2D eigenvalue weighted by molar-refractivity contribution is -0.121. The Balaban J connectivity index is 1.17. The van der Waals surface area contributed by atoms with Gasteiger partial charge in [0.05, 0.1) is 19.6 Å². The van der Waals surface area contributed by atoms with E-state index < -0.39 is 0 Å². The third-order valence-electron chi connectivity index (χ3n) is 5.55. The zero-order valence-electron chi connectivity index (χ0n) is 20.2. The molecule has 4 rings (SSSR count). The SMILES string of the molecule is COc1ccc(Cc2noc(CCC(=O)NCCCNc3n[nH]c(=O)c4ccccc34)n2)cc1OC. The molecule has 2 heterocycles. The van der Waals surface area contributed by atoms with Crippen molar-refractivity contribution in [3.8, 4) is 11.5 Å². The summed E-state index contributed by atoms with van der Waals surface area (Å²) in [6.45, 7) is 1.09. The molecule has 0 aliphatic heterocycles. The molecular weight excluding hydrogens is 464 g/mol. The summed E-state index contributed by atoms with van der Waals surface area (Å²) >= 11 is 0. The van der Waals surface area contributed by atoms with Crippen LogP contribution in [-0.2, 0) is 17.6 Å².